The Hall–Kier alpha value is -2.14. The number of hydrogen-bond acceptors (Lipinski definition) is 4. The highest BCUT2D eigenvalue weighted by Crippen LogP contribution is 2.32. The Bertz CT molecular complexity index is 696. The van der Waals surface area contributed by atoms with E-state index in [9.17, 15) is 9.59 Å². The third kappa shape index (κ3) is 6.17. The van der Waals surface area contributed by atoms with E-state index in [1.165, 1.54) is 5.56 Å². The zero-order valence-electron chi connectivity index (χ0n) is 18.5. The third-order valence-electron chi connectivity index (χ3n) is 5.52. The standard InChI is InChI=1S/C24H36N2O3/c1-7-12-19-20(25-15-18-13-10-9-11-14-18)16-26(23(28)29-24(4,5)6)21(19)22(27)17(3)8-2/h7,9-11,13-14,17,19-21,25H,1,8,12,15-16H2,2-6H3/t17?,19?,20-,21-/m0/s1. The summed E-state index contributed by atoms with van der Waals surface area (Å²) in [6.45, 7) is 14.5. The van der Waals surface area contributed by atoms with Crippen molar-refractivity contribution >= 4 is 11.9 Å². The molecule has 1 N–H and O–H groups in total. The molecule has 1 aliphatic heterocycles. The van der Waals surface area contributed by atoms with E-state index in [2.05, 4.69) is 24.0 Å². The van der Waals surface area contributed by atoms with Crippen molar-refractivity contribution in [1.29, 1.82) is 0 Å². The predicted octanol–water partition coefficient (Wildman–Crippen LogP) is 4.57. The normalized spacial score (nSPS) is 22.9. The van der Waals surface area contributed by atoms with Gasteiger partial charge in [0.25, 0.3) is 0 Å². The summed E-state index contributed by atoms with van der Waals surface area (Å²) in [5, 5.41) is 3.57. The summed E-state index contributed by atoms with van der Waals surface area (Å²) in [4.78, 5) is 27.8. The van der Waals surface area contributed by atoms with Gasteiger partial charge < -0.3 is 10.1 Å². The molecule has 1 heterocycles. The number of carbonyl (C=O) groups is 2. The summed E-state index contributed by atoms with van der Waals surface area (Å²) in [6.07, 6.45) is 2.84. The molecule has 0 bridgehead atoms. The first-order valence-corrected chi connectivity index (χ1v) is 10.6. The number of likely N-dealkylation sites (tertiary alicyclic amines) is 1. The average Bonchev–Trinajstić information content (AvgIpc) is 3.03. The number of rotatable bonds is 8. The van der Waals surface area contributed by atoms with Gasteiger partial charge >= 0.3 is 6.09 Å². The van der Waals surface area contributed by atoms with E-state index in [0.29, 0.717) is 19.5 Å². The Morgan fingerprint density at radius 1 is 1.31 bits per heavy atom. The molecule has 5 nitrogen and oxygen atoms in total. The Kier molecular flexibility index (Phi) is 8.03. The number of amides is 1. The molecule has 2 rings (SSSR count). The van der Waals surface area contributed by atoms with Gasteiger partial charge in [-0.1, -0.05) is 50.3 Å². The summed E-state index contributed by atoms with van der Waals surface area (Å²) in [7, 11) is 0. The fourth-order valence-corrected chi connectivity index (χ4v) is 3.82. The number of Topliss-reactive ketones (excluding diaryl/α,β-unsaturated/α-hetero) is 1. The minimum absolute atomic E-state index is 0.00118. The van der Waals surface area contributed by atoms with Crippen LogP contribution in [0.1, 0.15) is 53.0 Å². The molecule has 1 amide bonds. The number of nitrogens with one attached hydrogen (secondary N) is 1. The SMILES string of the molecule is C=CCC1[C@@H](NCc2ccccc2)CN(C(=O)OC(C)(C)C)[C@@H]1C(=O)C(C)CC. The molecule has 5 heteroatoms. The maximum atomic E-state index is 13.3. The third-order valence-corrected chi connectivity index (χ3v) is 5.52. The quantitative estimate of drug-likeness (QED) is 0.649. The molecular weight excluding hydrogens is 364 g/mol. The zero-order valence-corrected chi connectivity index (χ0v) is 18.5. The molecule has 1 aliphatic rings. The van der Waals surface area contributed by atoms with Crippen molar-refractivity contribution in [2.24, 2.45) is 11.8 Å². The lowest BCUT2D eigenvalue weighted by molar-refractivity contribution is -0.128. The van der Waals surface area contributed by atoms with Crippen molar-refractivity contribution in [2.45, 2.75) is 71.7 Å². The Labute approximate surface area is 175 Å². The highest BCUT2D eigenvalue weighted by molar-refractivity contribution is 5.90. The van der Waals surface area contributed by atoms with Crippen LogP contribution in [0.2, 0.25) is 0 Å². The van der Waals surface area contributed by atoms with Crippen LogP contribution >= 0.6 is 0 Å². The number of ketones is 1. The Balaban J connectivity index is 2.27. The van der Waals surface area contributed by atoms with Gasteiger partial charge in [-0.15, -0.1) is 6.58 Å². The summed E-state index contributed by atoms with van der Waals surface area (Å²) in [5.74, 6) is -0.0235. The molecular formula is C24H36N2O3. The van der Waals surface area contributed by atoms with Gasteiger partial charge in [0.05, 0.1) is 6.04 Å². The highest BCUT2D eigenvalue weighted by Gasteiger charge is 2.48. The van der Waals surface area contributed by atoms with Crippen LogP contribution in [0.15, 0.2) is 43.0 Å². The van der Waals surface area contributed by atoms with Gasteiger partial charge in [-0.2, -0.15) is 0 Å². The fraction of sp³-hybridized carbons (Fsp3) is 0.583. The van der Waals surface area contributed by atoms with E-state index in [-0.39, 0.29) is 23.7 Å². The summed E-state index contributed by atoms with van der Waals surface area (Å²) in [6, 6.07) is 9.65. The van der Waals surface area contributed by atoms with Crippen LogP contribution < -0.4 is 5.32 Å². The first-order chi connectivity index (χ1) is 13.7. The van der Waals surface area contributed by atoms with Crippen molar-refractivity contribution in [3.05, 3.63) is 48.6 Å². The molecule has 2 unspecified atom stereocenters. The molecule has 0 aliphatic carbocycles. The van der Waals surface area contributed by atoms with Crippen molar-refractivity contribution in [3.63, 3.8) is 0 Å². The highest BCUT2D eigenvalue weighted by atomic mass is 16.6. The molecule has 29 heavy (non-hydrogen) atoms. The van der Waals surface area contributed by atoms with Gasteiger partial charge in [0, 0.05) is 31.0 Å². The van der Waals surface area contributed by atoms with Gasteiger partial charge in [0.15, 0.2) is 5.78 Å². The zero-order chi connectivity index (χ0) is 21.6. The van der Waals surface area contributed by atoms with Crippen LogP contribution in [0.4, 0.5) is 4.79 Å². The predicted molar refractivity (Wildman–Crippen MR) is 117 cm³/mol. The van der Waals surface area contributed by atoms with Crippen LogP contribution in [0, 0.1) is 11.8 Å². The molecule has 4 atom stereocenters. The lowest BCUT2D eigenvalue weighted by Gasteiger charge is -2.31. The van der Waals surface area contributed by atoms with E-state index < -0.39 is 17.7 Å². The van der Waals surface area contributed by atoms with Crippen LogP contribution in [0.3, 0.4) is 0 Å². The van der Waals surface area contributed by atoms with Crippen LogP contribution in [-0.4, -0.2) is 41.0 Å². The maximum absolute atomic E-state index is 13.3. The minimum atomic E-state index is -0.607. The second-order valence-electron chi connectivity index (χ2n) is 8.95. The molecule has 1 aromatic rings. The van der Waals surface area contributed by atoms with E-state index in [4.69, 9.17) is 4.74 Å². The summed E-state index contributed by atoms with van der Waals surface area (Å²) >= 11 is 0. The first kappa shape index (κ1) is 23.1. The second-order valence-corrected chi connectivity index (χ2v) is 8.95. The monoisotopic (exact) mass is 400 g/mol. The average molecular weight is 401 g/mol. The topological polar surface area (TPSA) is 58.6 Å². The largest absolute Gasteiger partial charge is 0.444 e. The molecule has 1 saturated heterocycles. The molecule has 0 spiro atoms. The summed E-state index contributed by atoms with van der Waals surface area (Å²) < 4.78 is 5.63. The molecule has 1 aromatic carbocycles. The Morgan fingerprint density at radius 2 is 1.97 bits per heavy atom. The maximum Gasteiger partial charge on any atom is 0.410 e. The van der Waals surface area contributed by atoms with E-state index >= 15 is 0 Å². The van der Waals surface area contributed by atoms with Gasteiger partial charge in [0.2, 0.25) is 0 Å². The number of ether oxygens (including phenoxy) is 1. The smallest absolute Gasteiger partial charge is 0.410 e. The minimum Gasteiger partial charge on any atom is -0.444 e. The lowest BCUT2D eigenvalue weighted by Crippen LogP contribution is -2.47. The molecule has 0 aromatic heterocycles. The van der Waals surface area contributed by atoms with E-state index in [1.807, 2.05) is 58.9 Å². The van der Waals surface area contributed by atoms with E-state index in [0.717, 1.165) is 6.42 Å². The van der Waals surface area contributed by atoms with Gasteiger partial charge in [-0.3, -0.25) is 9.69 Å². The fourth-order valence-electron chi connectivity index (χ4n) is 3.82. The van der Waals surface area contributed by atoms with Gasteiger partial charge in [-0.05, 0) is 39.2 Å². The molecule has 0 radical (unpaired) electrons. The summed E-state index contributed by atoms with van der Waals surface area (Å²) in [5.41, 5.74) is 0.565. The number of nitrogens with zero attached hydrogens (tertiary/aromatic N) is 1. The second kappa shape index (κ2) is 10.1. The van der Waals surface area contributed by atoms with Crippen molar-refractivity contribution in [1.82, 2.24) is 10.2 Å². The van der Waals surface area contributed by atoms with Crippen molar-refractivity contribution < 1.29 is 14.3 Å². The molecule has 1 fully saturated rings. The Morgan fingerprint density at radius 3 is 2.52 bits per heavy atom. The van der Waals surface area contributed by atoms with E-state index in [1.54, 1.807) is 4.90 Å². The first-order valence-electron chi connectivity index (χ1n) is 10.6. The number of carbonyl (C=O) groups excluding carboxylic acids is 2. The number of allylic oxidation sites excluding steroid dienone is 1. The van der Waals surface area contributed by atoms with Gasteiger partial charge in [0.1, 0.15) is 5.60 Å². The molecule has 160 valence electrons. The molecule has 0 saturated carbocycles. The van der Waals surface area contributed by atoms with Gasteiger partial charge in [-0.25, -0.2) is 4.79 Å². The lowest BCUT2D eigenvalue weighted by atomic mass is 9.85. The number of benzene rings is 1. The number of hydrogen-bond donors (Lipinski definition) is 1. The van der Waals surface area contributed by atoms with Crippen molar-refractivity contribution in [2.75, 3.05) is 6.54 Å². The van der Waals surface area contributed by atoms with Crippen LogP contribution in [-0.2, 0) is 16.1 Å². The van der Waals surface area contributed by atoms with Crippen molar-refractivity contribution in [3.8, 4) is 0 Å². The van der Waals surface area contributed by atoms with Crippen LogP contribution in [0.25, 0.3) is 0 Å². The van der Waals surface area contributed by atoms with Crippen LogP contribution in [0.5, 0.6) is 0 Å².